The molecule has 4 nitrogen and oxygen atoms in total. The van der Waals surface area contributed by atoms with E-state index in [0.717, 1.165) is 4.47 Å². The zero-order valence-electron chi connectivity index (χ0n) is 11.4. The molecule has 19 heavy (non-hydrogen) atoms. The van der Waals surface area contributed by atoms with Gasteiger partial charge in [-0.15, -0.1) is 0 Å². The van der Waals surface area contributed by atoms with E-state index in [-0.39, 0.29) is 25.2 Å². The van der Waals surface area contributed by atoms with Crippen molar-refractivity contribution in [1.29, 1.82) is 0 Å². The van der Waals surface area contributed by atoms with Gasteiger partial charge in [0.2, 0.25) is 0 Å². The summed E-state index contributed by atoms with van der Waals surface area (Å²) in [7, 11) is 0. The molecule has 1 aromatic rings. The van der Waals surface area contributed by atoms with E-state index in [1.165, 1.54) is 0 Å². The SMILES string of the molecule is CC(C)C(C)NC(=O)COc1c(Br)cccc1CO. The monoisotopic (exact) mass is 329 g/mol. The topological polar surface area (TPSA) is 58.6 Å². The average molecular weight is 330 g/mol. The molecule has 1 rings (SSSR count). The Morgan fingerprint density at radius 3 is 2.68 bits per heavy atom. The molecule has 106 valence electrons. The van der Waals surface area contributed by atoms with Crippen molar-refractivity contribution in [3.63, 3.8) is 0 Å². The second-order valence-corrected chi connectivity index (χ2v) is 5.63. The summed E-state index contributed by atoms with van der Waals surface area (Å²) in [5.41, 5.74) is 0.652. The molecule has 0 aromatic heterocycles. The number of aliphatic hydroxyl groups is 1. The van der Waals surface area contributed by atoms with Gasteiger partial charge in [0.05, 0.1) is 11.1 Å². The molecule has 0 aliphatic heterocycles. The van der Waals surface area contributed by atoms with Gasteiger partial charge in [0.25, 0.3) is 5.91 Å². The minimum absolute atomic E-state index is 0.0628. The second kappa shape index (κ2) is 7.50. The number of ether oxygens (including phenoxy) is 1. The lowest BCUT2D eigenvalue weighted by atomic mass is 10.1. The highest BCUT2D eigenvalue weighted by molar-refractivity contribution is 9.10. The Labute approximate surface area is 122 Å². The first-order valence-corrected chi connectivity index (χ1v) is 7.05. The van der Waals surface area contributed by atoms with Crippen LogP contribution in [-0.4, -0.2) is 23.7 Å². The maximum atomic E-state index is 11.7. The number of hydrogen-bond acceptors (Lipinski definition) is 3. The lowest BCUT2D eigenvalue weighted by Gasteiger charge is -2.18. The fraction of sp³-hybridized carbons (Fsp3) is 0.500. The molecule has 0 radical (unpaired) electrons. The molecule has 0 saturated heterocycles. The maximum absolute atomic E-state index is 11.7. The van der Waals surface area contributed by atoms with Gasteiger partial charge in [-0.25, -0.2) is 0 Å². The first kappa shape index (κ1) is 16.0. The Balaban J connectivity index is 2.60. The number of rotatable bonds is 6. The molecule has 5 heteroatoms. The summed E-state index contributed by atoms with van der Waals surface area (Å²) in [5, 5.41) is 12.1. The standard InChI is InChI=1S/C14H20BrNO3/c1-9(2)10(3)16-13(18)8-19-14-11(7-17)5-4-6-12(14)15/h4-6,9-10,17H,7-8H2,1-3H3,(H,16,18). The van der Waals surface area contributed by atoms with Gasteiger partial charge in [0.15, 0.2) is 6.61 Å². The van der Waals surface area contributed by atoms with E-state index in [1.54, 1.807) is 6.07 Å². The highest BCUT2D eigenvalue weighted by Crippen LogP contribution is 2.28. The van der Waals surface area contributed by atoms with Crippen LogP contribution < -0.4 is 10.1 Å². The number of halogens is 1. The Morgan fingerprint density at radius 1 is 1.42 bits per heavy atom. The van der Waals surface area contributed by atoms with Crippen LogP contribution in [0.2, 0.25) is 0 Å². The summed E-state index contributed by atoms with van der Waals surface area (Å²) in [5.74, 6) is 0.721. The summed E-state index contributed by atoms with van der Waals surface area (Å²) < 4.78 is 6.21. The molecule has 2 N–H and O–H groups in total. The third kappa shape index (κ3) is 4.84. The van der Waals surface area contributed by atoms with E-state index in [4.69, 9.17) is 4.74 Å². The van der Waals surface area contributed by atoms with Crippen LogP contribution in [0.5, 0.6) is 5.75 Å². The van der Waals surface area contributed by atoms with E-state index in [2.05, 4.69) is 21.2 Å². The number of para-hydroxylation sites is 1. The quantitative estimate of drug-likeness (QED) is 0.842. The predicted molar refractivity (Wildman–Crippen MR) is 78.0 cm³/mol. The van der Waals surface area contributed by atoms with Crippen molar-refractivity contribution in [2.45, 2.75) is 33.4 Å². The lowest BCUT2D eigenvalue weighted by Crippen LogP contribution is -2.39. The van der Waals surface area contributed by atoms with E-state index < -0.39 is 0 Å². The lowest BCUT2D eigenvalue weighted by molar-refractivity contribution is -0.124. The zero-order valence-corrected chi connectivity index (χ0v) is 13.0. The van der Waals surface area contributed by atoms with Crippen LogP contribution in [0.25, 0.3) is 0 Å². The summed E-state index contributed by atoms with van der Waals surface area (Å²) in [6.07, 6.45) is 0. The van der Waals surface area contributed by atoms with Gasteiger partial charge in [-0.2, -0.15) is 0 Å². The van der Waals surface area contributed by atoms with Gasteiger partial charge in [-0.05, 0) is 34.8 Å². The van der Waals surface area contributed by atoms with E-state index in [1.807, 2.05) is 32.9 Å². The molecule has 0 heterocycles. The highest BCUT2D eigenvalue weighted by atomic mass is 79.9. The summed E-state index contributed by atoms with van der Waals surface area (Å²) >= 11 is 3.34. The van der Waals surface area contributed by atoms with Crippen LogP contribution in [0.3, 0.4) is 0 Å². The van der Waals surface area contributed by atoms with Crippen LogP contribution in [0.1, 0.15) is 26.3 Å². The summed E-state index contributed by atoms with van der Waals surface area (Å²) in [6.45, 7) is 5.86. The van der Waals surface area contributed by atoms with Crippen LogP contribution >= 0.6 is 15.9 Å². The van der Waals surface area contributed by atoms with Gasteiger partial charge in [-0.1, -0.05) is 26.0 Å². The molecule has 1 aromatic carbocycles. The first-order valence-electron chi connectivity index (χ1n) is 6.26. The third-order valence-electron chi connectivity index (χ3n) is 2.96. The largest absolute Gasteiger partial charge is 0.482 e. The smallest absolute Gasteiger partial charge is 0.258 e. The molecular weight excluding hydrogens is 310 g/mol. The summed E-state index contributed by atoms with van der Waals surface area (Å²) in [4.78, 5) is 11.7. The van der Waals surface area contributed by atoms with Gasteiger partial charge < -0.3 is 15.2 Å². The maximum Gasteiger partial charge on any atom is 0.258 e. The summed E-state index contributed by atoms with van der Waals surface area (Å²) in [6, 6.07) is 5.48. The molecule has 1 atom stereocenters. The molecule has 1 amide bonds. The molecule has 0 fully saturated rings. The van der Waals surface area contributed by atoms with Crippen LogP contribution in [0.15, 0.2) is 22.7 Å². The van der Waals surface area contributed by atoms with Crippen molar-refractivity contribution in [3.8, 4) is 5.75 Å². The average Bonchev–Trinajstić information content (AvgIpc) is 2.36. The van der Waals surface area contributed by atoms with Gasteiger partial charge in [0.1, 0.15) is 5.75 Å². The fourth-order valence-corrected chi connectivity index (χ4v) is 1.96. The fourth-order valence-electron chi connectivity index (χ4n) is 1.44. The Hall–Kier alpha value is -1.07. The van der Waals surface area contributed by atoms with Crippen LogP contribution in [0.4, 0.5) is 0 Å². The van der Waals surface area contributed by atoms with Gasteiger partial charge >= 0.3 is 0 Å². The normalized spacial score (nSPS) is 12.3. The molecule has 0 aliphatic rings. The van der Waals surface area contributed by atoms with Crippen molar-refractivity contribution in [1.82, 2.24) is 5.32 Å². The molecule has 0 spiro atoms. The van der Waals surface area contributed by atoms with E-state index in [0.29, 0.717) is 17.2 Å². The molecule has 0 aliphatic carbocycles. The first-order chi connectivity index (χ1) is 8.95. The van der Waals surface area contributed by atoms with Crippen molar-refractivity contribution in [2.24, 2.45) is 5.92 Å². The Bertz CT molecular complexity index is 435. The number of carbonyl (C=O) groups is 1. The second-order valence-electron chi connectivity index (χ2n) is 4.78. The van der Waals surface area contributed by atoms with E-state index in [9.17, 15) is 9.90 Å². The zero-order chi connectivity index (χ0) is 14.4. The Morgan fingerprint density at radius 2 is 2.11 bits per heavy atom. The number of amides is 1. The van der Waals surface area contributed by atoms with Crippen molar-refractivity contribution < 1.29 is 14.6 Å². The third-order valence-corrected chi connectivity index (χ3v) is 3.58. The number of aliphatic hydroxyl groups excluding tert-OH is 1. The molecule has 0 saturated carbocycles. The number of nitrogens with one attached hydrogen (secondary N) is 1. The minimum atomic E-state index is -0.166. The van der Waals surface area contributed by atoms with Crippen LogP contribution in [0, 0.1) is 5.92 Å². The van der Waals surface area contributed by atoms with Crippen molar-refractivity contribution in [2.75, 3.05) is 6.61 Å². The predicted octanol–water partition coefficient (Wildman–Crippen LogP) is 2.48. The Kier molecular flexibility index (Phi) is 6.31. The number of carbonyl (C=O) groups excluding carboxylic acids is 1. The van der Waals surface area contributed by atoms with Crippen molar-refractivity contribution in [3.05, 3.63) is 28.2 Å². The van der Waals surface area contributed by atoms with Crippen LogP contribution in [-0.2, 0) is 11.4 Å². The molecule has 0 bridgehead atoms. The van der Waals surface area contributed by atoms with Gasteiger partial charge in [-0.3, -0.25) is 4.79 Å². The van der Waals surface area contributed by atoms with Gasteiger partial charge in [0, 0.05) is 11.6 Å². The minimum Gasteiger partial charge on any atom is -0.482 e. The number of hydrogen-bond donors (Lipinski definition) is 2. The van der Waals surface area contributed by atoms with Crippen molar-refractivity contribution >= 4 is 21.8 Å². The number of benzene rings is 1. The van der Waals surface area contributed by atoms with E-state index >= 15 is 0 Å². The highest BCUT2D eigenvalue weighted by Gasteiger charge is 2.13. The molecule has 1 unspecified atom stereocenters. The molecular formula is C14H20BrNO3.